The van der Waals surface area contributed by atoms with Gasteiger partial charge in [-0.05, 0) is 18.2 Å². The first kappa shape index (κ1) is 10.3. The Morgan fingerprint density at radius 3 is 2.80 bits per heavy atom. The van der Waals surface area contributed by atoms with Gasteiger partial charge in [-0.3, -0.25) is 0 Å². The Balaban J connectivity index is 2.60. The van der Waals surface area contributed by atoms with E-state index in [4.69, 9.17) is 16.3 Å². The van der Waals surface area contributed by atoms with Gasteiger partial charge in [0, 0.05) is 5.56 Å². The third-order valence-electron chi connectivity index (χ3n) is 1.87. The van der Waals surface area contributed by atoms with Crippen molar-refractivity contribution in [1.29, 1.82) is 0 Å². The molecule has 0 unspecified atom stereocenters. The van der Waals surface area contributed by atoms with Gasteiger partial charge in [0.15, 0.2) is 5.15 Å². The topological polar surface area (TPSA) is 35.0 Å². The first-order chi connectivity index (χ1) is 7.22. The summed E-state index contributed by atoms with van der Waals surface area (Å²) in [7, 11) is 1.50. The highest BCUT2D eigenvalue weighted by molar-refractivity contribution is 6.99. The highest BCUT2D eigenvalue weighted by Gasteiger charge is 2.14. The van der Waals surface area contributed by atoms with Crippen LogP contribution in [-0.4, -0.2) is 15.9 Å². The molecule has 0 radical (unpaired) electrons. The highest BCUT2D eigenvalue weighted by Crippen LogP contribution is 2.33. The SMILES string of the molecule is COc1ccc(F)cc1-c1nsnc1Cl. The third kappa shape index (κ3) is 1.93. The third-order valence-corrected chi connectivity index (χ3v) is 2.76. The molecule has 0 fully saturated rings. The van der Waals surface area contributed by atoms with Crippen molar-refractivity contribution in [3.63, 3.8) is 0 Å². The lowest BCUT2D eigenvalue weighted by Gasteiger charge is -2.05. The minimum absolute atomic E-state index is 0.254. The lowest BCUT2D eigenvalue weighted by atomic mass is 10.1. The van der Waals surface area contributed by atoms with E-state index in [2.05, 4.69) is 8.75 Å². The lowest BCUT2D eigenvalue weighted by molar-refractivity contribution is 0.415. The van der Waals surface area contributed by atoms with E-state index in [-0.39, 0.29) is 11.0 Å². The molecular weight excluding hydrogens is 239 g/mol. The van der Waals surface area contributed by atoms with Crippen LogP contribution >= 0.6 is 23.3 Å². The average Bonchev–Trinajstić information content (AvgIpc) is 2.64. The molecule has 0 spiro atoms. The number of hydrogen-bond acceptors (Lipinski definition) is 4. The predicted molar refractivity (Wildman–Crippen MR) is 56.9 cm³/mol. The largest absolute Gasteiger partial charge is 0.496 e. The molecule has 0 aliphatic carbocycles. The van der Waals surface area contributed by atoms with Gasteiger partial charge in [0.25, 0.3) is 0 Å². The Labute approximate surface area is 94.8 Å². The number of methoxy groups -OCH3 is 1. The summed E-state index contributed by atoms with van der Waals surface area (Å²) in [6.45, 7) is 0. The van der Waals surface area contributed by atoms with E-state index < -0.39 is 0 Å². The molecule has 15 heavy (non-hydrogen) atoms. The van der Waals surface area contributed by atoms with Gasteiger partial charge in [-0.25, -0.2) is 4.39 Å². The number of hydrogen-bond donors (Lipinski definition) is 0. The van der Waals surface area contributed by atoms with Crippen LogP contribution in [0.15, 0.2) is 18.2 Å². The van der Waals surface area contributed by atoms with Gasteiger partial charge in [-0.1, -0.05) is 11.6 Å². The Kier molecular flexibility index (Phi) is 2.83. The van der Waals surface area contributed by atoms with Crippen LogP contribution in [-0.2, 0) is 0 Å². The van der Waals surface area contributed by atoms with E-state index in [0.29, 0.717) is 17.0 Å². The molecule has 1 aromatic heterocycles. The Morgan fingerprint density at radius 1 is 1.40 bits per heavy atom. The van der Waals surface area contributed by atoms with Crippen molar-refractivity contribution in [2.24, 2.45) is 0 Å². The van der Waals surface area contributed by atoms with Crippen LogP contribution in [0.3, 0.4) is 0 Å². The first-order valence-corrected chi connectivity index (χ1v) is 5.15. The molecule has 0 bridgehead atoms. The standard InChI is InChI=1S/C9H6ClFN2OS/c1-14-7-3-2-5(11)4-6(7)8-9(10)13-15-12-8/h2-4H,1H3. The Bertz CT molecular complexity index is 489. The number of halogens is 2. The number of benzene rings is 1. The second-order valence-electron chi connectivity index (χ2n) is 2.75. The zero-order valence-corrected chi connectivity index (χ0v) is 9.27. The van der Waals surface area contributed by atoms with Crippen LogP contribution < -0.4 is 4.74 Å². The molecular formula is C9H6ClFN2OS. The molecule has 2 aromatic rings. The molecule has 1 heterocycles. The molecule has 0 N–H and O–H groups in total. The van der Waals surface area contributed by atoms with Gasteiger partial charge >= 0.3 is 0 Å². The lowest BCUT2D eigenvalue weighted by Crippen LogP contribution is -1.89. The average molecular weight is 245 g/mol. The molecule has 0 atom stereocenters. The minimum Gasteiger partial charge on any atom is -0.496 e. The Hall–Kier alpha value is -1.20. The quantitative estimate of drug-likeness (QED) is 0.815. The molecule has 0 aliphatic rings. The van der Waals surface area contributed by atoms with Crippen molar-refractivity contribution in [3.8, 4) is 17.0 Å². The zero-order valence-electron chi connectivity index (χ0n) is 7.70. The molecule has 0 aliphatic heterocycles. The Morgan fingerprint density at radius 2 is 2.20 bits per heavy atom. The molecule has 3 nitrogen and oxygen atoms in total. The van der Waals surface area contributed by atoms with E-state index in [9.17, 15) is 4.39 Å². The molecule has 2 rings (SSSR count). The van der Waals surface area contributed by atoms with Crippen LogP contribution in [0.4, 0.5) is 4.39 Å². The molecule has 0 saturated carbocycles. The predicted octanol–water partition coefficient (Wildman–Crippen LogP) is 3.01. The van der Waals surface area contributed by atoms with Gasteiger partial charge in [-0.15, -0.1) is 0 Å². The monoisotopic (exact) mass is 244 g/mol. The number of nitrogens with zero attached hydrogens (tertiary/aromatic N) is 2. The van der Waals surface area contributed by atoms with Crippen molar-refractivity contribution in [1.82, 2.24) is 8.75 Å². The summed E-state index contributed by atoms with van der Waals surface area (Å²) in [5.74, 6) is 0.154. The van der Waals surface area contributed by atoms with Crippen molar-refractivity contribution < 1.29 is 9.13 Å². The summed E-state index contributed by atoms with van der Waals surface area (Å²) >= 11 is 6.79. The molecule has 1 aromatic carbocycles. The van der Waals surface area contributed by atoms with Gasteiger partial charge in [-0.2, -0.15) is 8.75 Å². The van der Waals surface area contributed by atoms with Crippen LogP contribution in [0.25, 0.3) is 11.3 Å². The molecule has 78 valence electrons. The maximum absolute atomic E-state index is 13.1. The molecule has 0 amide bonds. The minimum atomic E-state index is -0.366. The van der Waals surface area contributed by atoms with Crippen LogP contribution in [0.1, 0.15) is 0 Å². The zero-order chi connectivity index (χ0) is 10.8. The van der Waals surface area contributed by atoms with E-state index in [1.807, 2.05) is 0 Å². The maximum Gasteiger partial charge on any atom is 0.171 e. The number of rotatable bonds is 2. The fraction of sp³-hybridized carbons (Fsp3) is 0.111. The maximum atomic E-state index is 13.1. The van der Waals surface area contributed by atoms with Crippen molar-refractivity contribution in [3.05, 3.63) is 29.2 Å². The molecule has 0 saturated heterocycles. The van der Waals surface area contributed by atoms with Crippen LogP contribution in [0.2, 0.25) is 5.15 Å². The van der Waals surface area contributed by atoms with Gasteiger partial charge < -0.3 is 4.74 Å². The fourth-order valence-electron chi connectivity index (χ4n) is 1.20. The highest BCUT2D eigenvalue weighted by atomic mass is 35.5. The number of ether oxygens (including phenoxy) is 1. The smallest absolute Gasteiger partial charge is 0.171 e. The summed E-state index contributed by atoms with van der Waals surface area (Å²) in [6, 6.07) is 4.16. The summed E-state index contributed by atoms with van der Waals surface area (Å²) in [5, 5.41) is 0.254. The summed E-state index contributed by atoms with van der Waals surface area (Å²) in [4.78, 5) is 0. The summed E-state index contributed by atoms with van der Waals surface area (Å²) in [6.07, 6.45) is 0. The van der Waals surface area contributed by atoms with E-state index in [0.717, 1.165) is 11.7 Å². The summed E-state index contributed by atoms with van der Waals surface area (Å²) < 4.78 is 26.0. The van der Waals surface area contributed by atoms with E-state index in [1.54, 1.807) is 0 Å². The van der Waals surface area contributed by atoms with Crippen LogP contribution in [0.5, 0.6) is 5.75 Å². The van der Waals surface area contributed by atoms with Gasteiger partial charge in [0.05, 0.1) is 18.8 Å². The molecule has 6 heteroatoms. The summed E-state index contributed by atoms with van der Waals surface area (Å²) in [5.41, 5.74) is 0.953. The second kappa shape index (κ2) is 4.12. The second-order valence-corrected chi connectivity index (χ2v) is 3.63. The number of aromatic nitrogens is 2. The normalized spacial score (nSPS) is 10.3. The fourth-order valence-corrected chi connectivity index (χ4v) is 1.96. The first-order valence-electron chi connectivity index (χ1n) is 4.04. The van der Waals surface area contributed by atoms with Crippen LogP contribution in [0, 0.1) is 5.82 Å². The van der Waals surface area contributed by atoms with Gasteiger partial charge in [0.2, 0.25) is 0 Å². The van der Waals surface area contributed by atoms with E-state index in [1.165, 1.54) is 25.3 Å². The van der Waals surface area contributed by atoms with Crippen molar-refractivity contribution >= 4 is 23.3 Å². The van der Waals surface area contributed by atoms with Gasteiger partial charge in [0.1, 0.15) is 17.3 Å². The van der Waals surface area contributed by atoms with Crippen molar-refractivity contribution in [2.45, 2.75) is 0 Å². The van der Waals surface area contributed by atoms with E-state index >= 15 is 0 Å². The van der Waals surface area contributed by atoms with Crippen molar-refractivity contribution in [2.75, 3.05) is 7.11 Å².